The number of aliphatic hydroxyl groups excluding tert-OH is 1. The highest BCUT2D eigenvalue weighted by Gasteiger charge is 2.29. The number of carbonyl (C=O) groups is 1. The molecule has 2 N–H and O–H groups in total. The van der Waals surface area contributed by atoms with Gasteiger partial charge in [-0.3, -0.25) is 4.79 Å². The molecule has 0 atom stereocenters. The number of anilines is 1. The van der Waals surface area contributed by atoms with E-state index in [1.807, 2.05) is 7.05 Å². The molecule has 1 aromatic carbocycles. The first-order valence-electron chi connectivity index (χ1n) is 6.00. The van der Waals surface area contributed by atoms with E-state index in [1.165, 1.54) is 0 Å². The van der Waals surface area contributed by atoms with Crippen molar-refractivity contribution in [1.29, 1.82) is 0 Å². The average Bonchev–Trinajstić information content (AvgIpc) is 3.20. The number of aliphatic hydroxyl groups is 1. The van der Waals surface area contributed by atoms with Gasteiger partial charge in [0.1, 0.15) is 0 Å². The zero-order valence-corrected chi connectivity index (χ0v) is 11.1. The van der Waals surface area contributed by atoms with E-state index in [9.17, 15) is 4.79 Å². The van der Waals surface area contributed by atoms with Crippen LogP contribution in [0, 0.1) is 0 Å². The van der Waals surface area contributed by atoms with Crippen LogP contribution in [0.1, 0.15) is 18.4 Å². The van der Waals surface area contributed by atoms with E-state index in [0.717, 1.165) is 18.4 Å². The zero-order valence-electron chi connectivity index (χ0n) is 10.3. The van der Waals surface area contributed by atoms with Crippen LogP contribution in [0.25, 0.3) is 0 Å². The highest BCUT2D eigenvalue weighted by molar-refractivity contribution is 6.33. The third-order valence-electron chi connectivity index (χ3n) is 3.13. The summed E-state index contributed by atoms with van der Waals surface area (Å²) in [4.78, 5) is 13.6. The topological polar surface area (TPSA) is 52.6 Å². The molecule has 0 saturated heterocycles. The summed E-state index contributed by atoms with van der Waals surface area (Å²) in [6.07, 6.45) is 2.20. The molecular formula is C13H17ClN2O2. The lowest BCUT2D eigenvalue weighted by Crippen LogP contribution is -2.33. The van der Waals surface area contributed by atoms with E-state index in [4.69, 9.17) is 16.7 Å². The second kappa shape index (κ2) is 5.59. The first-order valence-corrected chi connectivity index (χ1v) is 6.38. The summed E-state index contributed by atoms with van der Waals surface area (Å²) in [6.45, 7) is 0.184. The highest BCUT2D eigenvalue weighted by Crippen LogP contribution is 2.26. The third-order valence-corrected chi connectivity index (χ3v) is 3.46. The van der Waals surface area contributed by atoms with Crippen LogP contribution in [0.3, 0.4) is 0 Å². The second-order valence-electron chi connectivity index (χ2n) is 4.56. The first-order chi connectivity index (χ1) is 8.61. The van der Waals surface area contributed by atoms with Gasteiger partial charge >= 0.3 is 0 Å². The minimum atomic E-state index is -0.0399. The maximum Gasteiger partial charge on any atom is 0.241 e. The fraction of sp³-hybridized carbons (Fsp3) is 0.462. The van der Waals surface area contributed by atoms with Gasteiger partial charge in [0.05, 0.1) is 23.9 Å². The SMILES string of the molecule is CN(C(=O)CNc1cc(CO)ccc1Cl)C1CC1. The number of benzene rings is 1. The molecule has 98 valence electrons. The molecule has 1 aliphatic rings. The van der Waals surface area contributed by atoms with Gasteiger partial charge in [-0.15, -0.1) is 0 Å². The average molecular weight is 269 g/mol. The Kier molecular flexibility index (Phi) is 4.09. The van der Waals surface area contributed by atoms with E-state index in [-0.39, 0.29) is 19.1 Å². The summed E-state index contributed by atoms with van der Waals surface area (Å²) in [7, 11) is 1.83. The van der Waals surface area contributed by atoms with Crippen LogP contribution in [0.4, 0.5) is 5.69 Å². The van der Waals surface area contributed by atoms with Crippen molar-refractivity contribution in [2.24, 2.45) is 0 Å². The molecule has 5 heteroatoms. The fourth-order valence-electron chi connectivity index (χ4n) is 1.77. The Hall–Kier alpha value is -1.26. The van der Waals surface area contributed by atoms with Crippen molar-refractivity contribution in [2.45, 2.75) is 25.5 Å². The summed E-state index contributed by atoms with van der Waals surface area (Å²) in [5.74, 6) is 0.0583. The second-order valence-corrected chi connectivity index (χ2v) is 4.97. The van der Waals surface area contributed by atoms with Crippen LogP contribution in [-0.4, -0.2) is 35.5 Å². The molecule has 1 aromatic rings. The van der Waals surface area contributed by atoms with Gasteiger partial charge in [0, 0.05) is 13.1 Å². The predicted octanol–water partition coefficient (Wildman–Crippen LogP) is 1.86. The zero-order chi connectivity index (χ0) is 13.1. The molecule has 4 nitrogen and oxygen atoms in total. The number of hydrogen-bond acceptors (Lipinski definition) is 3. The van der Waals surface area contributed by atoms with Gasteiger partial charge in [0.25, 0.3) is 0 Å². The molecule has 1 amide bonds. The Labute approximate surface area is 112 Å². The monoisotopic (exact) mass is 268 g/mol. The minimum absolute atomic E-state index is 0.0399. The van der Waals surface area contributed by atoms with Gasteiger partial charge < -0.3 is 15.3 Å². The maximum absolute atomic E-state index is 11.8. The number of amides is 1. The van der Waals surface area contributed by atoms with Crippen LogP contribution in [0.5, 0.6) is 0 Å². The van der Waals surface area contributed by atoms with Crippen molar-refractivity contribution in [3.8, 4) is 0 Å². The number of nitrogens with one attached hydrogen (secondary N) is 1. The third kappa shape index (κ3) is 3.15. The molecule has 0 radical (unpaired) electrons. The Morgan fingerprint density at radius 3 is 2.89 bits per heavy atom. The van der Waals surface area contributed by atoms with E-state index >= 15 is 0 Å². The number of hydrogen-bond donors (Lipinski definition) is 2. The molecule has 0 spiro atoms. The number of nitrogens with zero attached hydrogens (tertiary/aromatic N) is 1. The van der Waals surface area contributed by atoms with Crippen molar-refractivity contribution in [1.82, 2.24) is 4.90 Å². The molecule has 0 bridgehead atoms. The lowest BCUT2D eigenvalue weighted by molar-refractivity contribution is -0.128. The standard InChI is InChI=1S/C13H17ClN2O2/c1-16(10-3-4-10)13(18)7-15-12-6-9(8-17)2-5-11(12)14/h2,5-6,10,15,17H,3-4,7-8H2,1H3. The molecule has 1 saturated carbocycles. The fourth-order valence-corrected chi connectivity index (χ4v) is 1.95. The lowest BCUT2D eigenvalue weighted by atomic mass is 10.2. The summed E-state index contributed by atoms with van der Waals surface area (Å²) in [5, 5.41) is 12.6. The Balaban J connectivity index is 1.94. The predicted molar refractivity (Wildman–Crippen MR) is 71.7 cm³/mol. The number of carbonyl (C=O) groups excluding carboxylic acids is 1. The van der Waals surface area contributed by atoms with Crippen molar-refractivity contribution >= 4 is 23.2 Å². The summed E-state index contributed by atoms with van der Waals surface area (Å²) in [5.41, 5.74) is 1.45. The van der Waals surface area contributed by atoms with Gasteiger partial charge in [-0.2, -0.15) is 0 Å². The Morgan fingerprint density at radius 1 is 1.56 bits per heavy atom. The van der Waals surface area contributed by atoms with Crippen molar-refractivity contribution in [3.05, 3.63) is 28.8 Å². The summed E-state index contributed by atoms with van der Waals surface area (Å²) in [6, 6.07) is 5.64. The van der Waals surface area contributed by atoms with Crippen molar-refractivity contribution < 1.29 is 9.90 Å². The Bertz CT molecular complexity index is 447. The molecule has 0 aromatic heterocycles. The van der Waals surface area contributed by atoms with Gasteiger partial charge in [0.15, 0.2) is 0 Å². The molecule has 0 heterocycles. The van der Waals surface area contributed by atoms with Crippen molar-refractivity contribution in [2.75, 3.05) is 18.9 Å². The molecule has 2 rings (SSSR count). The van der Waals surface area contributed by atoms with E-state index in [2.05, 4.69) is 5.32 Å². The van der Waals surface area contributed by atoms with Crippen molar-refractivity contribution in [3.63, 3.8) is 0 Å². The van der Waals surface area contributed by atoms with Crippen LogP contribution in [0.15, 0.2) is 18.2 Å². The number of rotatable bonds is 5. The van der Waals surface area contributed by atoms with E-state index < -0.39 is 0 Å². The largest absolute Gasteiger partial charge is 0.392 e. The van der Waals surface area contributed by atoms with Crippen LogP contribution >= 0.6 is 11.6 Å². The summed E-state index contributed by atoms with van der Waals surface area (Å²) >= 11 is 6.02. The maximum atomic E-state index is 11.8. The van der Waals surface area contributed by atoms with Gasteiger partial charge in [0.2, 0.25) is 5.91 Å². The van der Waals surface area contributed by atoms with Gasteiger partial charge in [-0.25, -0.2) is 0 Å². The van der Waals surface area contributed by atoms with Crippen LogP contribution < -0.4 is 5.32 Å². The Morgan fingerprint density at radius 2 is 2.28 bits per heavy atom. The molecule has 0 unspecified atom stereocenters. The van der Waals surface area contributed by atoms with E-state index in [1.54, 1.807) is 23.1 Å². The van der Waals surface area contributed by atoms with Gasteiger partial charge in [-0.05, 0) is 30.5 Å². The molecule has 0 aliphatic heterocycles. The van der Waals surface area contributed by atoms with Crippen LogP contribution in [-0.2, 0) is 11.4 Å². The number of halogens is 1. The lowest BCUT2D eigenvalue weighted by Gasteiger charge is -2.17. The van der Waals surface area contributed by atoms with E-state index in [0.29, 0.717) is 16.8 Å². The minimum Gasteiger partial charge on any atom is -0.392 e. The quantitative estimate of drug-likeness (QED) is 0.857. The smallest absolute Gasteiger partial charge is 0.241 e. The molecule has 1 fully saturated rings. The normalized spacial score (nSPS) is 14.4. The summed E-state index contributed by atoms with van der Waals surface area (Å²) < 4.78 is 0. The number of likely N-dealkylation sites (N-methyl/N-ethyl adjacent to an activating group) is 1. The van der Waals surface area contributed by atoms with Gasteiger partial charge in [-0.1, -0.05) is 17.7 Å². The molecule has 18 heavy (non-hydrogen) atoms. The molecular weight excluding hydrogens is 252 g/mol. The molecule has 1 aliphatic carbocycles. The highest BCUT2D eigenvalue weighted by atomic mass is 35.5. The van der Waals surface area contributed by atoms with Crippen LogP contribution in [0.2, 0.25) is 5.02 Å². The first kappa shape index (κ1) is 13.2.